The summed E-state index contributed by atoms with van der Waals surface area (Å²) in [6.07, 6.45) is 1.57. The van der Waals surface area contributed by atoms with Gasteiger partial charge in [0.15, 0.2) is 0 Å². The van der Waals surface area contributed by atoms with E-state index in [2.05, 4.69) is 27.1 Å². The maximum Gasteiger partial charge on any atom is 0.271 e. The molecule has 0 saturated carbocycles. The molecule has 0 spiro atoms. The highest BCUT2D eigenvalue weighted by atomic mass is 32.1. The second-order valence-electron chi connectivity index (χ2n) is 3.95. The number of amides is 1. The zero-order valence-electron chi connectivity index (χ0n) is 11.0. The molecule has 2 heterocycles. The van der Waals surface area contributed by atoms with Gasteiger partial charge in [0.2, 0.25) is 0 Å². The minimum atomic E-state index is -0.250. The molecule has 6 heteroatoms. The molecule has 3 N–H and O–H groups in total. The number of nitrogens with one attached hydrogen (secondary N) is 1. The van der Waals surface area contributed by atoms with Crippen LogP contribution in [0.3, 0.4) is 0 Å². The Morgan fingerprint density at radius 3 is 3.05 bits per heavy atom. The first kappa shape index (κ1) is 14.2. The molecule has 0 unspecified atom stereocenters. The Kier molecular flexibility index (Phi) is 4.82. The van der Waals surface area contributed by atoms with Crippen LogP contribution >= 0.6 is 11.3 Å². The molecule has 2 aromatic rings. The molecule has 2 aromatic heterocycles. The number of carbonyl (C=O) groups excluding carboxylic acids is 1. The van der Waals surface area contributed by atoms with Crippen molar-refractivity contribution in [3.63, 3.8) is 0 Å². The maximum absolute atomic E-state index is 12.1. The molecular weight excluding hydrogens is 272 g/mol. The smallest absolute Gasteiger partial charge is 0.271 e. The third-order valence-electron chi connectivity index (χ3n) is 2.60. The average Bonchev–Trinajstić information content (AvgIpc) is 2.88. The van der Waals surface area contributed by atoms with Gasteiger partial charge < -0.3 is 11.1 Å². The van der Waals surface area contributed by atoms with Gasteiger partial charge in [0.25, 0.3) is 5.91 Å². The van der Waals surface area contributed by atoms with Gasteiger partial charge in [-0.05, 0) is 19.1 Å². The Labute approximate surface area is 121 Å². The molecule has 0 aliphatic rings. The van der Waals surface area contributed by atoms with E-state index >= 15 is 0 Å². The quantitative estimate of drug-likeness (QED) is 0.828. The average molecular weight is 286 g/mol. The molecule has 0 fully saturated rings. The van der Waals surface area contributed by atoms with Crippen LogP contribution in [0.1, 0.15) is 26.6 Å². The fraction of sp³-hybridized carbons (Fsp3) is 0.214. The van der Waals surface area contributed by atoms with Crippen molar-refractivity contribution in [3.05, 3.63) is 45.7 Å². The van der Waals surface area contributed by atoms with Crippen molar-refractivity contribution < 1.29 is 4.79 Å². The van der Waals surface area contributed by atoms with Crippen LogP contribution in [0.4, 0.5) is 0 Å². The summed E-state index contributed by atoms with van der Waals surface area (Å²) >= 11 is 1.51. The molecule has 20 heavy (non-hydrogen) atoms. The van der Waals surface area contributed by atoms with Crippen molar-refractivity contribution in [3.8, 4) is 11.8 Å². The van der Waals surface area contributed by atoms with Gasteiger partial charge >= 0.3 is 0 Å². The fourth-order valence-electron chi connectivity index (χ4n) is 1.57. The van der Waals surface area contributed by atoms with Crippen LogP contribution in [0.2, 0.25) is 0 Å². The Bertz CT molecular complexity index is 669. The zero-order chi connectivity index (χ0) is 14.4. The number of carbonyl (C=O) groups is 1. The molecule has 2 rings (SSSR count). The van der Waals surface area contributed by atoms with Crippen LogP contribution in [-0.4, -0.2) is 22.4 Å². The molecule has 1 amide bonds. The summed E-state index contributed by atoms with van der Waals surface area (Å²) in [4.78, 5) is 21.4. The molecule has 0 radical (unpaired) electrons. The third kappa shape index (κ3) is 3.41. The molecule has 102 valence electrons. The minimum absolute atomic E-state index is 0.246. The van der Waals surface area contributed by atoms with Crippen molar-refractivity contribution in [2.24, 2.45) is 5.73 Å². The van der Waals surface area contributed by atoms with E-state index in [1.165, 1.54) is 11.3 Å². The normalized spacial score (nSPS) is 9.70. The highest BCUT2D eigenvalue weighted by Gasteiger charge is 2.12. The van der Waals surface area contributed by atoms with Crippen molar-refractivity contribution in [2.45, 2.75) is 13.5 Å². The van der Waals surface area contributed by atoms with Crippen molar-refractivity contribution in [2.75, 3.05) is 6.54 Å². The first-order chi connectivity index (χ1) is 9.72. The summed E-state index contributed by atoms with van der Waals surface area (Å²) in [6, 6.07) is 3.49. The van der Waals surface area contributed by atoms with Crippen LogP contribution in [-0.2, 0) is 6.54 Å². The number of aryl methyl sites for hydroxylation is 1. The molecule has 0 aromatic carbocycles. The SMILES string of the molecule is Cc1ncsc1CNC(=O)c1ncccc1C#CCN. The summed E-state index contributed by atoms with van der Waals surface area (Å²) in [5, 5.41) is 2.83. The van der Waals surface area contributed by atoms with E-state index in [1.807, 2.05) is 6.92 Å². The highest BCUT2D eigenvalue weighted by Crippen LogP contribution is 2.12. The molecule has 0 aliphatic carbocycles. The second kappa shape index (κ2) is 6.80. The standard InChI is InChI=1S/C14H14N4OS/c1-10-12(20-9-18-10)8-17-14(19)13-11(4-2-6-15)5-3-7-16-13/h3,5,7,9H,6,8,15H2,1H3,(H,17,19). The van der Waals surface area contributed by atoms with Crippen LogP contribution in [0.25, 0.3) is 0 Å². The summed E-state index contributed by atoms with van der Waals surface area (Å²) in [5.74, 6) is 5.33. The van der Waals surface area contributed by atoms with E-state index in [0.717, 1.165) is 10.6 Å². The predicted octanol–water partition coefficient (Wildman–Crippen LogP) is 1.09. The largest absolute Gasteiger partial charge is 0.346 e. The lowest BCUT2D eigenvalue weighted by Crippen LogP contribution is -2.24. The van der Waals surface area contributed by atoms with Gasteiger partial charge in [-0.2, -0.15) is 0 Å². The fourth-order valence-corrected chi connectivity index (χ4v) is 2.29. The Hall–Kier alpha value is -2.23. The summed E-state index contributed by atoms with van der Waals surface area (Å²) in [6.45, 7) is 2.60. The molecule has 0 aliphatic heterocycles. The van der Waals surface area contributed by atoms with E-state index in [1.54, 1.807) is 23.8 Å². The number of thiazole rings is 1. The number of nitrogens with zero attached hydrogens (tertiary/aromatic N) is 2. The highest BCUT2D eigenvalue weighted by molar-refractivity contribution is 7.09. The van der Waals surface area contributed by atoms with Gasteiger partial charge in [-0.1, -0.05) is 11.8 Å². The second-order valence-corrected chi connectivity index (χ2v) is 4.89. The van der Waals surface area contributed by atoms with Gasteiger partial charge in [0.1, 0.15) is 5.69 Å². The number of hydrogen-bond donors (Lipinski definition) is 2. The van der Waals surface area contributed by atoms with Crippen molar-refractivity contribution >= 4 is 17.2 Å². The number of nitrogens with two attached hydrogens (primary N) is 1. The van der Waals surface area contributed by atoms with Crippen molar-refractivity contribution in [1.82, 2.24) is 15.3 Å². The summed E-state index contributed by atoms with van der Waals surface area (Å²) in [5.41, 5.74) is 8.93. The van der Waals surface area contributed by atoms with E-state index in [-0.39, 0.29) is 12.5 Å². The van der Waals surface area contributed by atoms with Crippen LogP contribution in [0.15, 0.2) is 23.8 Å². The minimum Gasteiger partial charge on any atom is -0.346 e. The first-order valence-electron chi connectivity index (χ1n) is 6.03. The van der Waals surface area contributed by atoms with Gasteiger partial charge in [-0.3, -0.25) is 4.79 Å². The lowest BCUT2D eigenvalue weighted by Gasteiger charge is -2.05. The number of aromatic nitrogens is 2. The van der Waals surface area contributed by atoms with E-state index < -0.39 is 0 Å². The Balaban J connectivity index is 2.11. The number of pyridine rings is 1. The van der Waals surface area contributed by atoms with Crippen LogP contribution < -0.4 is 11.1 Å². The lowest BCUT2D eigenvalue weighted by atomic mass is 10.2. The first-order valence-corrected chi connectivity index (χ1v) is 6.91. The van der Waals surface area contributed by atoms with E-state index in [9.17, 15) is 4.79 Å². The predicted molar refractivity (Wildman–Crippen MR) is 78.2 cm³/mol. The summed E-state index contributed by atoms with van der Waals surface area (Å²) in [7, 11) is 0. The monoisotopic (exact) mass is 286 g/mol. The van der Waals surface area contributed by atoms with Gasteiger partial charge in [0, 0.05) is 11.1 Å². The number of hydrogen-bond acceptors (Lipinski definition) is 5. The Morgan fingerprint density at radius 2 is 2.35 bits per heavy atom. The van der Waals surface area contributed by atoms with Crippen LogP contribution in [0.5, 0.6) is 0 Å². The van der Waals surface area contributed by atoms with Gasteiger partial charge in [-0.25, -0.2) is 9.97 Å². The number of rotatable bonds is 3. The molecular formula is C14H14N4OS. The molecule has 0 saturated heterocycles. The van der Waals surface area contributed by atoms with E-state index in [4.69, 9.17) is 5.73 Å². The molecule has 0 atom stereocenters. The molecule has 5 nitrogen and oxygen atoms in total. The Morgan fingerprint density at radius 1 is 1.50 bits per heavy atom. The van der Waals surface area contributed by atoms with Gasteiger partial charge in [0.05, 0.1) is 29.9 Å². The van der Waals surface area contributed by atoms with Gasteiger partial charge in [-0.15, -0.1) is 11.3 Å². The summed E-state index contributed by atoms with van der Waals surface area (Å²) < 4.78 is 0. The lowest BCUT2D eigenvalue weighted by molar-refractivity contribution is 0.0946. The third-order valence-corrected chi connectivity index (χ3v) is 3.54. The van der Waals surface area contributed by atoms with E-state index in [0.29, 0.717) is 17.8 Å². The molecule has 0 bridgehead atoms. The van der Waals surface area contributed by atoms with Crippen molar-refractivity contribution in [1.29, 1.82) is 0 Å². The topological polar surface area (TPSA) is 80.9 Å². The zero-order valence-corrected chi connectivity index (χ0v) is 11.8. The van der Waals surface area contributed by atoms with Crippen LogP contribution in [0, 0.1) is 18.8 Å². The maximum atomic E-state index is 12.1.